The fourth-order valence-electron chi connectivity index (χ4n) is 3.51. The molecule has 0 aromatic carbocycles. The van der Waals surface area contributed by atoms with E-state index in [1.54, 1.807) is 24.9 Å². The van der Waals surface area contributed by atoms with Crippen LogP contribution < -0.4 is 5.32 Å². The number of nitrogens with one attached hydrogen (secondary N) is 2. The molecule has 26 heavy (non-hydrogen) atoms. The molecule has 1 aliphatic heterocycles. The second-order valence-electron chi connectivity index (χ2n) is 6.74. The molecule has 1 atom stereocenters. The highest BCUT2D eigenvalue weighted by Crippen LogP contribution is 2.31. The number of rotatable bonds is 5. The van der Waals surface area contributed by atoms with Crippen LogP contribution in [0.1, 0.15) is 35.7 Å². The Bertz CT molecular complexity index is 847. The third-order valence-corrected chi connectivity index (χ3v) is 4.81. The summed E-state index contributed by atoms with van der Waals surface area (Å²) in [4.78, 5) is 23.4. The van der Waals surface area contributed by atoms with E-state index in [4.69, 9.17) is 0 Å². The fraction of sp³-hybridized carbons (Fsp3) is 0.368. The molecule has 134 valence electrons. The van der Waals surface area contributed by atoms with Crippen molar-refractivity contribution >= 4 is 11.6 Å². The van der Waals surface area contributed by atoms with Gasteiger partial charge in [-0.25, -0.2) is 15.0 Å². The summed E-state index contributed by atoms with van der Waals surface area (Å²) in [5.41, 5.74) is 3.26. The zero-order valence-electron chi connectivity index (χ0n) is 14.9. The van der Waals surface area contributed by atoms with Gasteiger partial charge in [-0.15, -0.1) is 0 Å². The van der Waals surface area contributed by atoms with E-state index in [0.29, 0.717) is 5.92 Å². The molecule has 1 aliphatic rings. The van der Waals surface area contributed by atoms with Gasteiger partial charge >= 0.3 is 0 Å². The number of hydrogen-bond acceptors (Lipinski definition) is 6. The Hall–Kier alpha value is -2.80. The van der Waals surface area contributed by atoms with Crippen molar-refractivity contribution in [2.45, 2.75) is 32.2 Å². The van der Waals surface area contributed by atoms with Gasteiger partial charge in [-0.2, -0.15) is 0 Å². The third-order valence-electron chi connectivity index (χ3n) is 4.81. The minimum absolute atomic E-state index is 0.354. The van der Waals surface area contributed by atoms with Gasteiger partial charge in [0, 0.05) is 49.5 Å². The largest absolute Gasteiger partial charge is 0.347 e. The Morgan fingerprint density at radius 3 is 2.92 bits per heavy atom. The van der Waals surface area contributed by atoms with Gasteiger partial charge in [0.1, 0.15) is 5.82 Å². The molecule has 3 aromatic heterocycles. The van der Waals surface area contributed by atoms with Crippen LogP contribution in [0.4, 0.5) is 11.6 Å². The SMILES string of the molecule is Cc1cccnc1Nc1nccnc1[C@H]1CCCN(Cc2cnc[nH]2)C1. The predicted octanol–water partition coefficient (Wildman–Crippen LogP) is 3.03. The highest BCUT2D eigenvalue weighted by Gasteiger charge is 2.25. The molecule has 0 bridgehead atoms. The van der Waals surface area contributed by atoms with Crippen LogP contribution in [0.15, 0.2) is 43.2 Å². The van der Waals surface area contributed by atoms with Gasteiger partial charge in [0.15, 0.2) is 5.82 Å². The van der Waals surface area contributed by atoms with Crippen LogP contribution in [0.5, 0.6) is 0 Å². The molecule has 4 rings (SSSR count). The first-order valence-corrected chi connectivity index (χ1v) is 8.99. The molecule has 0 amide bonds. The summed E-state index contributed by atoms with van der Waals surface area (Å²) in [5.74, 6) is 1.99. The van der Waals surface area contributed by atoms with Crippen LogP contribution in [-0.4, -0.2) is 42.9 Å². The van der Waals surface area contributed by atoms with E-state index in [2.05, 4.69) is 35.1 Å². The molecular formula is C19H23N7. The lowest BCUT2D eigenvalue weighted by atomic mass is 9.94. The number of nitrogens with zero attached hydrogens (tertiary/aromatic N) is 5. The Kier molecular flexibility index (Phi) is 4.88. The van der Waals surface area contributed by atoms with E-state index in [0.717, 1.165) is 61.1 Å². The smallest absolute Gasteiger partial charge is 0.153 e. The summed E-state index contributed by atoms with van der Waals surface area (Å²) in [6.07, 6.45) is 11.2. The quantitative estimate of drug-likeness (QED) is 0.737. The number of hydrogen-bond donors (Lipinski definition) is 2. The maximum absolute atomic E-state index is 4.66. The molecule has 1 fully saturated rings. The molecule has 0 spiro atoms. The van der Waals surface area contributed by atoms with Gasteiger partial charge in [0.25, 0.3) is 0 Å². The molecule has 2 N–H and O–H groups in total. The van der Waals surface area contributed by atoms with Crippen molar-refractivity contribution < 1.29 is 0 Å². The van der Waals surface area contributed by atoms with Crippen molar-refractivity contribution in [1.29, 1.82) is 0 Å². The van der Waals surface area contributed by atoms with Crippen LogP contribution in [0, 0.1) is 6.92 Å². The van der Waals surface area contributed by atoms with Crippen molar-refractivity contribution in [3.05, 3.63) is 60.2 Å². The van der Waals surface area contributed by atoms with E-state index in [1.165, 1.54) is 0 Å². The van der Waals surface area contributed by atoms with Crippen LogP contribution in [0.25, 0.3) is 0 Å². The number of likely N-dealkylation sites (tertiary alicyclic amines) is 1. The van der Waals surface area contributed by atoms with Crippen LogP contribution >= 0.6 is 0 Å². The van der Waals surface area contributed by atoms with Crippen molar-refractivity contribution in [1.82, 2.24) is 29.8 Å². The lowest BCUT2D eigenvalue weighted by molar-refractivity contribution is 0.197. The number of H-pyrrole nitrogens is 1. The summed E-state index contributed by atoms with van der Waals surface area (Å²) in [6.45, 7) is 4.99. The zero-order valence-corrected chi connectivity index (χ0v) is 14.9. The molecule has 0 aliphatic carbocycles. The normalized spacial score (nSPS) is 18.0. The van der Waals surface area contributed by atoms with Gasteiger partial charge in [-0.3, -0.25) is 9.88 Å². The van der Waals surface area contributed by atoms with E-state index in [1.807, 2.05) is 25.3 Å². The molecule has 0 radical (unpaired) electrons. The Morgan fingerprint density at radius 1 is 1.19 bits per heavy atom. The summed E-state index contributed by atoms with van der Waals surface area (Å²) in [5, 5.41) is 3.38. The highest BCUT2D eigenvalue weighted by molar-refractivity contribution is 5.57. The van der Waals surface area contributed by atoms with Crippen LogP contribution in [-0.2, 0) is 6.54 Å². The summed E-state index contributed by atoms with van der Waals surface area (Å²) in [6, 6.07) is 3.98. The number of imidazole rings is 1. The molecule has 7 heteroatoms. The summed E-state index contributed by atoms with van der Waals surface area (Å²) < 4.78 is 0. The van der Waals surface area contributed by atoms with Gasteiger partial charge < -0.3 is 10.3 Å². The molecule has 7 nitrogen and oxygen atoms in total. The first-order valence-electron chi connectivity index (χ1n) is 8.99. The maximum Gasteiger partial charge on any atom is 0.153 e. The van der Waals surface area contributed by atoms with Crippen molar-refractivity contribution in [2.24, 2.45) is 0 Å². The van der Waals surface area contributed by atoms with Crippen LogP contribution in [0.3, 0.4) is 0 Å². The minimum atomic E-state index is 0.354. The lowest BCUT2D eigenvalue weighted by Gasteiger charge is -2.32. The Labute approximate surface area is 152 Å². The number of aromatic amines is 1. The molecule has 1 saturated heterocycles. The van der Waals surface area contributed by atoms with E-state index >= 15 is 0 Å². The Morgan fingerprint density at radius 2 is 2.08 bits per heavy atom. The highest BCUT2D eigenvalue weighted by atomic mass is 15.1. The standard InChI is InChI=1S/C19H23N7/c1-14-4-2-6-22-18(14)25-19-17(21-7-8-23-19)15-5-3-9-26(11-15)12-16-10-20-13-24-16/h2,4,6-8,10,13,15H,3,5,9,11-12H2,1H3,(H,20,24)(H,22,23,25)/t15-/m0/s1. The number of pyridine rings is 1. The van der Waals surface area contributed by atoms with Crippen molar-refractivity contribution in [2.75, 3.05) is 18.4 Å². The van der Waals surface area contributed by atoms with Gasteiger partial charge in [0.2, 0.25) is 0 Å². The maximum atomic E-state index is 4.66. The van der Waals surface area contributed by atoms with E-state index < -0.39 is 0 Å². The minimum Gasteiger partial charge on any atom is -0.347 e. The second-order valence-corrected chi connectivity index (χ2v) is 6.74. The number of piperidine rings is 1. The summed E-state index contributed by atoms with van der Waals surface area (Å²) in [7, 11) is 0. The number of anilines is 2. The fourth-order valence-corrected chi connectivity index (χ4v) is 3.51. The van der Waals surface area contributed by atoms with Crippen LogP contribution in [0.2, 0.25) is 0 Å². The van der Waals surface area contributed by atoms with E-state index in [9.17, 15) is 0 Å². The molecule has 0 saturated carbocycles. The monoisotopic (exact) mass is 349 g/mol. The average Bonchev–Trinajstić information content (AvgIpc) is 3.17. The zero-order chi connectivity index (χ0) is 17.8. The first-order chi connectivity index (χ1) is 12.8. The molecule has 4 heterocycles. The van der Waals surface area contributed by atoms with Gasteiger partial charge in [0.05, 0.1) is 12.0 Å². The number of aromatic nitrogens is 5. The lowest BCUT2D eigenvalue weighted by Crippen LogP contribution is -2.34. The topological polar surface area (TPSA) is 82.6 Å². The number of aryl methyl sites for hydroxylation is 1. The Balaban J connectivity index is 1.53. The first kappa shape index (κ1) is 16.7. The van der Waals surface area contributed by atoms with Gasteiger partial charge in [-0.05, 0) is 37.9 Å². The second kappa shape index (κ2) is 7.61. The van der Waals surface area contributed by atoms with Gasteiger partial charge in [-0.1, -0.05) is 6.07 Å². The van der Waals surface area contributed by atoms with E-state index in [-0.39, 0.29) is 0 Å². The predicted molar refractivity (Wildman–Crippen MR) is 100 cm³/mol. The third kappa shape index (κ3) is 3.72. The molecule has 3 aromatic rings. The van der Waals surface area contributed by atoms with Crippen molar-refractivity contribution in [3.8, 4) is 0 Å². The molecule has 0 unspecified atom stereocenters. The summed E-state index contributed by atoms with van der Waals surface area (Å²) >= 11 is 0. The average molecular weight is 349 g/mol. The van der Waals surface area contributed by atoms with Crippen molar-refractivity contribution in [3.63, 3.8) is 0 Å². The molecular weight excluding hydrogens is 326 g/mol.